The largest absolute Gasteiger partial charge is 0.311 e. The van der Waals surface area contributed by atoms with Gasteiger partial charge in [0.2, 0.25) is 0 Å². The molecule has 1 heterocycles. The number of hydrogen-bond acceptors (Lipinski definition) is 1. The van der Waals surface area contributed by atoms with E-state index >= 15 is 0 Å². The smallest absolute Gasteiger partial charge is 0.0201 e. The highest BCUT2D eigenvalue weighted by Gasteiger charge is 2.32. The van der Waals surface area contributed by atoms with Gasteiger partial charge in [-0.15, -0.1) is 0 Å². The number of hydrogen-bond donors (Lipinski definition) is 1. The van der Waals surface area contributed by atoms with Crippen molar-refractivity contribution in [1.29, 1.82) is 0 Å². The molecule has 1 N–H and O–H groups in total. The zero-order chi connectivity index (χ0) is 8.32. The van der Waals surface area contributed by atoms with Crippen molar-refractivity contribution in [1.82, 2.24) is 5.32 Å². The lowest BCUT2D eigenvalue weighted by Gasteiger charge is -2.41. The molecule has 0 radical (unpaired) electrons. The first-order chi connectivity index (χ1) is 5.21. The van der Waals surface area contributed by atoms with Crippen LogP contribution in [0.15, 0.2) is 0 Å². The van der Waals surface area contributed by atoms with Gasteiger partial charge in [-0.25, -0.2) is 0 Å². The first kappa shape index (κ1) is 9.05. The predicted molar refractivity (Wildman–Crippen MR) is 49.7 cm³/mol. The lowest BCUT2D eigenvalue weighted by molar-refractivity contribution is 0.177. The van der Waals surface area contributed by atoms with Crippen molar-refractivity contribution >= 4 is 0 Å². The molecule has 1 atom stereocenters. The van der Waals surface area contributed by atoms with Gasteiger partial charge >= 0.3 is 0 Å². The summed E-state index contributed by atoms with van der Waals surface area (Å²) in [4.78, 5) is 0. The third-order valence-electron chi connectivity index (χ3n) is 3.26. The van der Waals surface area contributed by atoms with Crippen molar-refractivity contribution in [2.45, 2.75) is 52.0 Å². The van der Waals surface area contributed by atoms with Gasteiger partial charge in [0.05, 0.1) is 0 Å². The van der Waals surface area contributed by atoms with E-state index in [2.05, 4.69) is 26.1 Å². The lowest BCUT2D eigenvalue weighted by Crippen LogP contribution is -2.51. The van der Waals surface area contributed by atoms with Crippen molar-refractivity contribution in [2.24, 2.45) is 5.92 Å². The van der Waals surface area contributed by atoms with Crippen molar-refractivity contribution < 1.29 is 0 Å². The highest BCUT2D eigenvalue weighted by Crippen LogP contribution is 2.29. The van der Waals surface area contributed by atoms with E-state index < -0.39 is 0 Å². The zero-order valence-corrected chi connectivity index (χ0v) is 8.11. The molecule has 1 aliphatic heterocycles. The van der Waals surface area contributed by atoms with Crippen molar-refractivity contribution in [3.8, 4) is 0 Å². The molecule has 1 nitrogen and oxygen atoms in total. The molecule has 66 valence electrons. The second kappa shape index (κ2) is 3.57. The molecule has 11 heavy (non-hydrogen) atoms. The second-order valence-corrected chi connectivity index (χ2v) is 4.05. The number of nitrogens with one attached hydrogen (secondary N) is 1. The fourth-order valence-corrected chi connectivity index (χ4v) is 2.19. The van der Waals surface area contributed by atoms with Crippen LogP contribution in [0.2, 0.25) is 0 Å². The Morgan fingerprint density at radius 3 is 2.36 bits per heavy atom. The molecule has 0 spiro atoms. The molecule has 0 saturated carbocycles. The molecule has 0 aromatic heterocycles. The van der Waals surface area contributed by atoms with Gasteiger partial charge in [0.1, 0.15) is 0 Å². The first-order valence-corrected chi connectivity index (χ1v) is 4.96. The maximum absolute atomic E-state index is 3.68. The maximum atomic E-state index is 3.68. The molecule has 1 saturated heterocycles. The van der Waals surface area contributed by atoms with Crippen molar-refractivity contribution in [2.75, 3.05) is 6.54 Å². The summed E-state index contributed by atoms with van der Waals surface area (Å²) in [6, 6.07) is 0. The Hall–Kier alpha value is -0.0400. The normalized spacial score (nSPS) is 32.7. The van der Waals surface area contributed by atoms with Crippen molar-refractivity contribution in [3.05, 3.63) is 0 Å². The lowest BCUT2D eigenvalue weighted by atomic mass is 9.77. The average molecular weight is 155 g/mol. The maximum Gasteiger partial charge on any atom is 0.0201 e. The molecule has 0 aromatic carbocycles. The van der Waals surface area contributed by atoms with Gasteiger partial charge in [-0.05, 0) is 31.7 Å². The summed E-state index contributed by atoms with van der Waals surface area (Å²) in [6.07, 6.45) is 5.44. The number of rotatable bonds is 2. The minimum Gasteiger partial charge on any atom is -0.311 e. The Balaban J connectivity index is 2.57. The summed E-state index contributed by atoms with van der Waals surface area (Å²) in [5.74, 6) is 0.785. The summed E-state index contributed by atoms with van der Waals surface area (Å²) < 4.78 is 0. The Morgan fingerprint density at radius 1 is 1.36 bits per heavy atom. The fourth-order valence-electron chi connectivity index (χ4n) is 2.19. The highest BCUT2D eigenvalue weighted by molar-refractivity contribution is 4.92. The minimum absolute atomic E-state index is 0.470. The predicted octanol–water partition coefficient (Wildman–Crippen LogP) is 2.56. The van der Waals surface area contributed by atoms with E-state index in [1.807, 2.05) is 0 Å². The van der Waals surface area contributed by atoms with Gasteiger partial charge in [-0.2, -0.15) is 0 Å². The molecule has 0 aliphatic carbocycles. The Morgan fingerprint density at radius 2 is 2.09 bits per heavy atom. The topological polar surface area (TPSA) is 12.0 Å². The molecule has 1 aliphatic rings. The summed E-state index contributed by atoms with van der Waals surface area (Å²) in [5.41, 5.74) is 0.470. The van der Waals surface area contributed by atoms with E-state index in [1.165, 1.54) is 32.2 Å². The molecular weight excluding hydrogens is 134 g/mol. The van der Waals surface area contributed by atoms with Gasteiger partial charge in [0.25, 0.3) is 0 Å². The summed E-state index contributed by atoms with van der Waals surface area (Å²) in [6.45, 7) is 8.20. The molecule has 1 unspecified atom stereocenters. The van der Waals surface area contributed by atoms with Gasteiger partial charge in [-0.1, -0.05) is 27.2 Å². The summed E-state index contributed by atoms with van der Waals surface area (Å²) >= 11 is 0. The highest BCUT2D eigenvalue weighted by atomic mass is 15.0. The monoisotopic (exact) mass is 155 g/mol. The minimum atomic E-state index is 0.470. The average Bonchev–Trinajstić information content (AvgIpc) is 2.05. The quantitative estimate of drug-likeness (QED) is 0.646. The van der Waals surface area contributed by atoms with Crippen LogP contribution in [0.1, 0.15) is 46.5 Å². The standard InChI is InChI=1S/C10H21N/c1-4-10(9(2)3)7-5-6-8-11-10/h9,11H,4-8H2,1-3H3. The van der Waals surface area contributed by atoms with Gasteiger partial charge in [-0.3, -0.25) is 0 Å². The van der Waals surface area contributed by atoms with E-state index in [-0.39, 0.29) is 0 Å². The van der Waals surface area contributed by atoms with Crippen LogP contribution in [0.3, 0.4) is 0 Å². The molecule has 0 aromatic rings. The molecular formula is C10H21N. The fraction of sp³-hybridized carbons (Fsp3) is 1.00. The van der Waals surface area contributed by atoms with Gasteiger partial charge < -0.3 is 5.32 Å². The van der Waals surface area contributed by atoms with Crippen LogP contribution in [0, 0.1) is 5.92 Å². The second-order valence-electron chi connectivity index (χ2n) is 4.05. The van der Waals surface area contributed by atoms with Crippen molar-refractivity contribution in [3.63, 3.8) is 0 Å². The molecule has 0 bridgehead atoms. The third kappa shape index (κ3) is 1.76. The SMILES string of the molecule is CCC1(C(C)C)CCCCN1. The summed E-state index contributed by atoms with van der Waals surface area (Å²) in [5, 5.41) is 3.68. The first-order valence-electron chi connectivity index (χ1n) is 4.96. The molecule has 0 amide bonds. The van der Waals surface area contributed by atoms with Crippen LogP contribution in [-0.2, 0) is 0 Å². The zero-order valence-electron chi connectivity index (χ0n) is 8.11. The Bertz CT molecular complexity index is 112. The molecule has 1 fully saturated rings. The van der Waals surface area contributed by atoms with Crippen LogP contribution >= 0.6 is 0 Å². The molecule has 1 heteroatoms. The Labute approximate surface area is 70.6 Å². The van der Waals surface area contributed by atoms with E-state index in [1.54, 1.807) is 0 Å². The van der Waals surface area contributed by atoms with Gasteiger partial charge in [0.15, 0.2) is 0 Å². The van der Waals surface area contributed by atoms with E-state index in [4.69, 9.17) is 0 Å². The van der Waals surface area contributed by atoms with E-state index in [9.17, 15) is 0 Å². The van der Waals surface area contributed by atoms with Crippen LogP contribution in [0.4, 0.5) is 0 Å². The number of piperidine rings is 1. The molecule has 1 rings (SSSR count). The van der Waals surface area contributed by atoms with Crippen LogP contribution in [0.25, 0.3) is 0 Å². The van der Waals surface area contributed by atoms with E-state index in [0.717, 1.165) is 5.92 Å². The van der Waals surface area contributed by atoms with Crippen LogP contribution in [0.5, 0.6) is 0 Å². The Kier molecular flexibility index (Phi) is 2.94. The third-order valence-corrected chi connectivity index (χ3v) is 3.26. The van der Waals surface area contributed by atoms with Crippen LogP contribution in [-0.4, -0.2) is 12.1 Å². The van der Waals surface area contributed by atoms with Crippen LogP contribution < -0.4 is 5.32 Å². The van der Waals surface area contributed by atoms with E-state index in [0.29, 0.717) is 5.54 Å². The summed E-state index contributed by atoms with van der Waals surface area (Å²) in [7, 11) is 0. The van der Waals surface area contributed by atoms with Gasteiger partial charge in [0, 0.05) is 5.54 Å².